The summed E-state index contributed by atoms with van der Waals surface area (Å²) in [6, 6.07) is 21.3. The van der Waals surface area contributed by atoms with E-state index in [2.05, 4.69) is 61.5 Å². The van der Waals surface area contributed by atoms with Gasteiger partial charge in [-0.15, -0.1) is 0 Å². The highest BCUT2D eigenvalue weighted by atomic mass is 16.5. The number of methoxy groups -OCH3 is 1. The van der Waals surface area contributed by atoms with E-state index in [0.29, 0.717) is 0 Å². The second-order valence-electron chi connectivity index (χ2n) is 4.90. The lowest BCUT2D eigenvalue weighted by atomic mass is 9.93. The van der Waals surface area contributed by atoms with Crippen molar-refractivity contribution < 1.29 is 4.74 Å². The molecule has 3 rings (SSSR count). The fourth-order valence-electron chi connectivity index (χ4n) is 2.70. The number of ether oxygens (including phenoxy) is 1. The minimum absolute atomic E-state index is 0.902. The average molecular weight is 262 g/mol. The van der Waals surface area contributed by atoms with Gasteiger partial charge in [0.15, 0.2) is 0 Å². The van der Waals surface area contributed by atoms with Crippen LogP contribution in [0.4, 0.5) is 0 Å². The van der Waals surface area contributed by atoms with E-state index in [0.717, 1.165) is 12.2 Å². The molecule has 0 fully saturated rings. The highest BCUT2D eigenvalue weighted by Gasteiger charge is 2.08. The van der Waals surface area contributed by atoms with Gasteiger partial charge in [-0.3, -0.25) is 0 Å². The Morgan fingerprint density at radius 3 is 2.45 bits per heavy atom. The van der Waals surface area contributed by atoms with E-state index in [-0.39, 0.29) is 0 Å². The van der Waals surface area contributed by atoms with Crippen LogP contribution in [0.2, 0.25) is 0 Å². The van der Waals surface area contributed by atoms with Crippen LogP contribution in [-0.4, -0.2) is 7.11 Å². The Bertz CT molecular complexity index is 744. The van der Waals surface area contributed by atoms with Crippen molar-refractivity contribution >= 4 is 10.8 Å². The van der Waals surface area contributed by atoms with Crippen LogP contribution in [0.1, 0.15) is 12.5 Å². The topological polar surface area (TPSA) is 9.23 Å². The van der Waals surface area contributed by atoms with E-state index in [1.165, 1.54) is 27.5 Å². The van der Waals surface area contributed by atoms with Crippen molar-refractivity contribution in [3.05, 3.63) is 66.2 Å². The number of hydrogen-bond acceptors (Lipinski definition) is 1. The SMILES string of the molecule is CCc1ccccc1-c1cccc2ccc(OC)cc12. The molecule has 20 heavy (non-hydrogen) atoms. The molecule has 3 aromatic rings. The summed E-state index contributed by atoms with van der Waals surface area (Å²) in [6.45, 7) is 2.20. The fraction of sp³-hybridized carbons (Fsp3) is 0.158. The lowest BCUT2D eigenvalue weighted by Crippen LogP contribution is -1.89. The van der Waals surface area contributed by atoms with Crippen molar-refractivity contribution in [2.45, 2.75) is 13.3 Å². The normalized spacial score (nSPS) is 10.7. The first-order valence-corrected chi connectivity index (χ1v) is 6.98. The summed E-state index contributed by atoms with van der Waals surface area (Å²) in [4.78, 5) is 0. The van der Waals surface area contributed by atoms with Crippen LogP contribution in [0.25, 0.3) is 21.9 Å². The van der Waals surface area contributed by atoms with Crippen molar-refractivity contribution in [3.63, 3.8) is 0 Å². The molecule has 0 aromatic heterocycles. The van der Waals surface area contributed by atoms with Crippen LogP contribution >= 0.6 is 0 Å². The molecule has 100 valence electrons. The predicted octanol–water partition coefficient (Wildman–Crippen LogP) is 5.08. The molecule has 0 radical (unpaired) electrons. The van der Waals surface area contributed by atoms with E-state index in [1.54, 1.807) is 7.11 Å². The predicted molar refractivity (Wildman–Crippen MR) is 85.3 cm³/mol. The van der Waals surface area contributed by atoms with Crippen molar-refractivity contribution in [1.82, 2.24) is 0 Å². The van der Waals surface area contributed by atoms with Crippen molar-refractivity contribution in [2.24, 2.45) is 0 Å². The summed E-state index contributed by atoms with van der Waals surface area (Å²) in [6.07, 6.45) is 1.04. The average Bonchev–Trinajstić information content (AvgIpc) is 2.53. The molecule has 0 bridgehead atoms. The molecule has 0 spiro atoms. The van der Waals surface area contributed by atoms with Crippen LogP contribution in [0.15, 0.2) is 60.7 Å². The molecule has 0 atom stereocenters. The highest BCUT2D eigenvalue weighted by Crippen LogP contribution is 2.33. The largest absolute Gasteiger partial charge is 0.497 e. The summed E-state index contributed by atoms with van der Waals surface area (Å²) in [7, 11) is 1.71. The van der Waals surface area contributed by atoms with Crippen LogP contribution in [0.3, 0.4) is 0 Å². The van der Waals surface area contributed by atoms with Crippen LogP contribution in [-0.2, 0) is 6.42 Å². The Morgan fingerprint density at radius 1 is 0.850 bits per heavy atom. The quantitative estimate of drug-likeness (QED) is 0.639. The van der Waals surface area contributed by atoms with Crippen LogP contribution in [0, 0.1) is 0 Å². The lowest BCUT2D eigenvalue weighted by Gasteiger charge is -2.12. The molecule has 1 heteroatoms. The summed E-state index contributed by atoms with van der Waals surface area (Å²) in [5.74, 6) is 0.902. The summed E-state index contributed by atoms with van der Waals surface area (Å²) in [5, 5.41) is 2.49. The highest BCUT2D eigenvalue weighted by molar-refractivity contribution is 5.98. The molecule has 0 aliphatic carbocycles. The van der Waals surface area contributed by atoms with Gasteiger partial charge in [0.05, 0.1) is 7.11 Å². The molecule has 0 unspecified atom stereocenters. The van der Waals surface area contributed by atoms with Gasteiger partial charge in [-0.2, -0.15) is 0 Å². The second kappa shape index (κ2) is 5.38. The minimum atomic E-state index is 0.902. The molecule has 0 amide bonds. The molecular weight excluding hydrogens is 244 g/mol. The van der Waals surface area contributed by atoms with Crippen molar-refractivity contribution in [1.29, 1.82) is 0 Å². The summed E-state index contributed by atoms with van der Waals surface area (Å²) < 4.78 is 5.37. The molecular formula is C19H18O. The van der Waals surface area contributed by atoms with E-state index in [9.17, 15) is 0 Å². The Labute approximate surface area is 119 Å². The molecule has 0 saturated heterocycles. The smallest absolute Gasteiger partial charge is 0.119 e. The first-order valence-electron chi connectivity index (χ1n) is 6.98. The van der Waals surface area contributed by atoms with Gasteiger partial charge in [-0.1, -0.05) is 55.5 Å². The van der Waals surface area contributed by atoms with Gasteiger partial charge in [0, 0.05) is 0 Å². The zero-order valence-corrected chi connectivity index (χ0v) is 11.9. The van der Waals surface area contributed by atoms with Gasteiger partial charge < -0.3 is 4.74 Å². The maximum absolute atomic E-state index is 5.37. The second-order valence-corrected chi connectivity index (χ2v) is 4.90. The Hall–Kier alpha value is -2.28. The van der Waals surface area contributed by atoms with Gasteiger partial charge in [0.25, 0.3) is 0 Å². The lowest BCUT2D eigenvalue weighted by molar-refractivity contribution is 0.415. The van der Waals surface area contributed by atoms with E-state index >= 15 is 0 Å². The standard InChI is InChI=1S/C19H18O/c1-3-14-7-4-5-9-17(14)18-10-6-8-15-11-12-16(20-2)13-19(15)18/h4-13H,3H2,1-2H3. The molecule has 0 saturated carbocycles. The zero-order chi connectivity index (χ0) is 13.9. The minimum Gasteiger partial charge on any atom is -0.497 e. The maximum atomic E-state index is 5.37. The Morgan fingerprint density at radius 2 is 1.65 bits per heavy atom. The van der Waals surface area contributed by atoms with Crippen LogP contribution < -0.4 is 4.74 Å². The molecule has 0 heterocycles. The number of rotatable bonds is 3. The number of hydrogen-bond donors (Lipinski definition) is 0. The van der Waals surface area contributed by atoms with E-state index < -0.39 is 0 Å². The van der Waals surface area contributed by atoms with Gasteiger partial charge in [-0.05, 0) is 46.0 Å². The number of benzene rings is 3. The molecule has 0 aliphatic rings. The molecule has 1 nitrogen and oxygen atoms in total. The van der Waals surface area contributed by atoms with Gasteiger partial charge in [0.2, 0.25) is 0 Å². The Kier molecular flexibility index (Phi) is 3.42. The summed E-state index contributed by atoms with van der Waals surface area (Å²) in [5.41, 5.74) is 3.97. The zero-order valence-electron chi connectivity index (χ0n) is 11.9. The van der Waals surface area contributed by atoms with Crippen molar-refractivity contribution in [2.75, 3.05) is 7.11 Å². The van der Waals surface area contributed by atoms with E-state index in [4.69, 9.17) is 4.74 Å². The van der Waals surface area contributed by atoms with E-state index in [1.807, 2.05) is 6.07 Å². The molecule has 3 aromatic carbocycles. The third-order valence-corrected chi connectivity index (χ3v) is 3.78. The summed E-state index contributed by atoms with van der Waals surface area (Å²) >= 11 is 0. The van der Waals surface area contributed by atoms with Crippen molar-refractivity contribution in [3.8, 4) is 16.9 Å². The number of fused-ring (bicyclic) bond motifs is 1. The monoisotopic (exact) mass is 262 g/mol. The molecule has 0 N–H and O–H groups in total. The van der Waals surface area contributed by atoms with Gasteiger partial charge in [0.1, 0.15) is 5.75 Å². The third kappa shape index (κ3) is 2.16. The first kappa shape index (κ1) is 12.7. The number of aryl methyl sites for hydroxylation is 1. The Balaban J connectivity index is 2.30. The molecule has 0 aliphatic heterocycles. The van der Waals surface area contributed by atoms with Crippen LogP contribution in [0.5, 0.6) is 5.75 Å². The van der Waals surface area contributed by atoms with Gasteiger partial charge >= 0.3 is 0 Å². The third-order valence-electron chi connectivity index (χ3n) is 3.78. The first-order chi connectivity index (χ1) is 9.83. The fourth-order valence-corrected chi connectivity index (χ4v) is 2.70. The van der Waals surface area contributed by atoms with Gasteiger partial charge in [-0.25, -0.2) is 0 Å². The maximum Gasteiger partial charge on any atom is 0.119 e.